The van der Waals surface area contributed by atoms with Gasteiger partial charge in [0.2, 0.25) is 10.0 Å². The maximum absolute atomic E-state index is 13.5. The van der Waals surface area contributed by atoms with Crippen molar-refractivity contribution >= 4 is 22.1 Å². The highest BCUT2D eigenvalue weighted by molar-refractivity contribution is 7.89. The van der Waals surface area contributed by atoms with Crippen LogP contribution in [-0.2, 0) is 23.1 Å². The highest BCUT2D eigenvalue weighted by Crippen LogP contribution is 2.22. The number of hydrogen-bond acceptors (Lipinski definition) is 5. The molecule has 36 heavy (non-hydrogen) atoms. The van der Waals surface area contributed by atoms with E-state index in [0.717, 1.165) is 16.7 Å². The Balaban J connectivity index is 1.50. The van der Waals surface area contributed by atoms with Gasteiger partial charge in [0, 0.05) is 12.1 Å². The zero-order valence-electron chi connectivity index (χ0n) is 20.1. The number of aryl methyl sites for hydroxylation is 2. The van der Waals surface area contributed by atoms with Crippen molar-refractivity contribution in [1.82, 2.24) is 9.73 Å². The lowest BCUT2D eigenvalue weighted by molar-refractivity contribution is 0.0954. The second-order valence-corrected chi connectivity index (χ2v) is 10.3. The van der Waals surface area contributed by atoms with E-state index in [4.69, 9.17) is 4.42 Å². The van der Waals surface area contributed by atoms with Crippen molar-refractivity contribution in [2.75, 3.05) is 0 Å². The predicted octanol–water partition coefficient (Wildman–Crippen LogP) is 5.05. The number of carbonyl (C=O) groups is 1. The van der Waals surface area contributed by atoms with Crippen LogP contribution in [0.15, 0.2) is 105 Å². The monoisotopic (exact) mass is 501 g/mol. The molecule has 0 unspecified atom stereocenters. The van der Waals surface area contributed by atoms with E-state index < -0.39 is 10.0 Å². The van der Waals surface area contributed by atoms with Crippen LogP contribution in [0.4, 0.5) is 0 Å². The van der Waals surface area contributed by atoms with Crippen LogP contribution in [0.5, 0.6) is 0 Å². The summed E-state index contributed by atoms with van der Waals surface area (Å²) in [6, 6.07) is 26.8. The molecule has 1 heterocycles. The van der Waals surface area contributed by atoms with Crippen molar-refractivity contribution in [2.45, 2.75) is 31.8 Å². The summed E-state index contributed by atoms with van der Waals surface area (Å²) >= 11 is 0. The van der Waals surface area contributed by atoms with Crippen LogP contribution in [-0.4, -0.2) is 24.8 Å². The van der Waals surface area contributed by atoms with Crippen LogP contribution < -0.4 is 5.43 Å². The average Bonchev–Trinajstić information content (AvgIpc) is 3.32. The van der Waals surface area contributed by atoms with Gasteiger partial charge in [0.15, 0.2) is 0 Å². The second kappa shape index (κ2) is 11.2. The molecule has 0 spiro atoms. The standard InChI is InChI=1S/C28H27N3O4S/c1-21-12-16-26(17-13-21)36(33,34)31(19-23-9-4-3-5-10-23)20-25-15-14-24(35-25)18-29-30-28(32)27-11-7-6-8-22(27)2/h3-18H,19-20H2,1-2H3,(H,30,32)/b29-18-. The fraction of sp³-hybridized carbons (Fsp3) is 0.143. The lowest BCUT2D eigenvalue weighted by atomic mass is 10.1. The minimum atomic E-state index is -3.79. The zero-order valence-corrected chi connectivity index (χ0v) is 20.9. The highest BCUT2D eigenvalue weighted by atomic mass is 32.2. The number of sulfonamides is 1. The van der Waals surface area contributed by atoms with Crippen molar-refractivity contribution in [3.8, 4) is 0 Å². The Kier molecular flexibility index (Phi) is 7.77. The van der Waals surface area contributed by atoms with Crippen LogP contribution in [0, 0.1) is 13.8 Å². The Morgan fingerprint density at radius 1 is 0.889 bits per heavy atom. The molecule has 0 saturated heterocycles. The third-order valence-corrected chi connectivity index (χ3v) is 7.43. The number of hydrogen-bond donors (Lipinski definition) is 1. The maximum Gasteiger partial charge on any atom is 0.271 e. The zero-order chi connectivity index (χ0) is 25.5. The van der Waals surface area contributed by atoms with Gasteiger partial charge in [0.1, 0.15) is 11.5 Å². The first-order valence-corrected chi connectivity index (χ1v) is 12.9. The second-order valence-electron chi connectivity index (χ2n) is 8.39. The summed E-state index contributed by atoms with van der Waals surface area (Å²) in [5.41, 5.74) is 5.71. The third kappa shape index (κ3) is 6.16. The van der Waals surface area contributed by atoms with Crippen molar-refractivity contribution in [2.24, 2.45) is 5.10 Å². The Hall–Kier alpha value is -4.01. The summed E-state index contributed by atoms with van der Waals surface area (Å²) in [6.07, 6.45) is 1.38. The van der Waals surface area contributed by atoms with Gasteiger partial charge >= 0.3 is 0 Å². The fourth-order valence-corrected chi connectivity index (χ4v) is 5.03. The van der Waals surface area contributed by atoms with Crippen LogP contribution in [0.25, 0.3) is 0 Å². The molecule has 1 aromatic heterocycles. The van der Waals surface area contributed by atoms with E-state index in [1.54, 1.807) is 48.5 Å². The van der Waals surface area contributed by atoms with Crippen LogP contribution in [0.2, 0.25) is 0 Å². The molecular formula is C28H27N3O4S. The Bertz CT molecular complexity index is 1460. The topological polar surface area (TPSA) is 92.0 Å². The first-order valence-electron chi connectivity index (χ1n) is 11.4. The molecule has 0 fully saturated rings. The predicted molar refractivity (Wildman–Crippen MR) is 139 cm³/mol. The minimum absolute atomic E-state index is 0.0362. The first-order chi connectivity index (χ1) is 17.3. The quantitative estimate of drug-likeness (QED) is 0.257. The van der Waals surface area contributed by atoms with Gasteiger partial charge in [-0.3, -0.25) is 4.79 Å². The summed E-state index contributed by atoms with van der Waals surface area (Å²) in [6.45, 7) is 3.99. The molecule has 0 aliphatic rings. The van der Waals surface area contributed by atoms with Gasteiger partial charge in [-0.05, 0) is 55.3 Å². The van der Waals surface area contributed by atoms with Crippen molar-refractivity contribution in [3.05, 3.63) is 125 Å². The minimum Gasteiger partial charge on any atom is -0.459 e. The summed E-state index contributed by atoms with van der Waals surface area (Å²) in [5, 5.41) is 3.97. The third-order valence-electron chi connectivity index (χ3n) is 5.62. The van der Waals surface area contributed by atoms with E-state index in [1.807, 2.05) is 56.3 Å². The largest absolute Gasteiger partial charge is 0.459 e. The normalized spacial score (nSPS) is 11.8. The molecule has 3 aromatic carbocycles. The summed E-state index contributed by atoms with van der Waals surface area (Å²) in [5.74, 6) is 0.519. The van der Waals surface area contributed by atoms with Crippen LogP contribution in [0.1, 0.15) is 38.6 Å². The molecule has 4 rings (SSSR count). The van der Waals surface area contributed by atoms with Gasteiger partial charge in [-0.15, -0.1) is 0 Å². The van der Waals surface area contributed by atoms with Gasteiger partial charge in [0.05, 0.1) is 17.7 Å². The van der Waals surface area contributed by atoms with E-state index in [2.05, 4.69) is 10.5 Å². The van der Waals surface area contributed by atoms with E-state index in [-0.39, 0.29) is 23.9 Å². The van der Waals surface area contributed by atoms with Gasteiger partial charge in [0.25, 0.3) is 5.91 Å². The fourth-order valence-electron chi connectivity index (χ4n) is 3.64. The Morgan fingerprint density at radius 2 is 1.58 bits per heavy atom. The molecule has 0 radical (unpaired) electrons. The number of nitrogens with zero attached hydrogens (tertiary/aromatic N) is 2. The number of furan rings is 1. The summed E-state index contributed by atoms with van der Waals surface area (Å²) in [7, 11) is -3.79. The molecular weight excluding hydrogens is 474 g/mol. The SMILES string of the molecule is Cc1ccc(S(=O)(=O)N(Cc2ccccc2)Cc2ccc(/C=N\NC(=O)c3ccccc3C)o2)cc1. The molecule has 0 aliphatic heterocycles. The molecule has 0 saturated carbocycles. The molecule has 0 atom stereocenters. The van der Waals surface area contributed by atoms with Gasteiger partial charge < -0.3 is 4.42 Å². The molecule has 0 aliphatic carbocycles. The van der Waals surface area contributed by atoms with E-state index in [0.29, 0.717) is 17.1 Å². The molecule has 1 amide bonds. The van der Waals surface area contributed by atoms with E-state index >= 15 is 0 Å². The molecule has 1 N–H and O–H groups in total. The van der Waals surface area contributed by atoms with Crippen LogP contribution in [0.3, 0.4) is 0 Å². The first kappa shape index (κ1) is 25.1. The van der Waals surface area contributed by atoms with Crippen molar-refractivity contribution in [1.29, 1.82) is 0 Å². The highest BCUT2D eigenvalue weighted by Gasteiger charge is 2.26. The van der Waals surface area contributed by atoms with Crippen LogP contribution >= 0.6 is 0 Å². The number of amides is 1. The molecule has 4 aromatic rings. The number of hydrazone groups is 1. The number of nitrogens with one attached hydrogen (secondary N) is 1. The average molecular weight is 502 g/mol. The lowest BCUT2D eigenvalue weighted by Crippen LogP contribution is -2.30. The van der Waals surface area contributed by atoms with E-state index in [9.17, 15) is 13.2 Å². The maximum atomic E-state index is 13.5. The molecule has 0 bridgehead atoms. The van der Waals surface area contributed by atoms with Crippen molar-refractivity contribution < 1.29 is 17.6 Å². The van der Waals surface area contributed by atoms with E-state index in [1.165, 1.54) is 10.5 Å². The molecule has 184 valence electrons. The van der Waals surface area contributed by atoms with Gasteiger partial charge in [-0.2, -0.15) is 9.41 Å². The molecule has 8 heteroatoms. The van der Waals surface area contributed by atoms with Gasteiger partial charge in [-0.25, -0.2) is 13.8 Å². The Labute approximate surface area is 211 Å². The molecule has 7 nitrogen and oxygen atoms in total. The Morgan fingerprint density at radius 3 is 2.31 bits per heavy atom. The lowest BCUT2D eigenvalue weighted by Gasteiger charge is -2.21. The summed E-state index contributed by atoms with van der Waals surface area (Å²) in [4.78, 5) is 12.5. The summed E-state index contributed by atoms with van der Waals surface area (Å²) < 4.78 is 34.1. The van der Waals surface area contributed by atoms with Crippen molar-refractivity contribution in [3.63, 3.8) is 0 Å². The number of carbonyl (C=O) groups excluding carboxylic acids is 1. The number of benzene rings is 3. The number of rotatable bonds is 9. The smallest absolute Gasteiger partial charge is 0.271 e. The van der Waals surface area contributed by atoms with Gasteiger partial charge in [-0.1, -0.05) is 66.2 Å².